The number of nitrogens with zero attached hydrogens (tertiary/aromatic N) is 3. The summed E-state index contributed by atoms with van der Waals surface area (Å²) in [5.41, 5.74) is 4.81. The molecule has 0 aliphatic heterocycles. The van der Waals surface area contributed by atoms with Crippen LogP contribution in [0.2, 0.25) is 0 Å². The van der Waals surface area contributed by atoms with E-state index in [1.165, 1.54) is 17.5 Å². The Bertz CT molecular complexity index is 1110. The molecule has 1 heterocycles. The molecular formula is C24H29N3O2S. The molecule has 6 heteroatoms. The fraction of sp³-hybridized carbons (Fsp3) is 0.375. The molecule has 0 saturated carbocycles. The normalized spacial score (nSPS) is 16.6. The predicted molar refractivity (Wildman–Crippen MR) is 119 cm³/mol. The molecule has 0 bridgehead atoms. The Morgan fingerprint density at radius 2 is 1.83 bits per heavy atom. The summed E-state index contributed by atoms with van der Waals surface area (Å²) in [6, 6.07) is 19.0. The standard InChI is InChI=1S/C24H29N3O2S/c1-3-30(28,29)24-25-16-21(27(24)17-19-10-5-4-6-11-19)18-26(2)23-15-9-13-20-12-7-8-14-22(20)23/h4-8,10-12,14,16,23H,3,9,13,15,17-18H2,1-2H3/t23-/m1/s1. The molecule has 0 saturated heterocycles. The van der Waals surface area contributed by atoms with Crippen LogP contribution >= 0.6 is 0 Å². The smallest absolute Gasteiger partial charge is 0.228 e. The highest BCUT2D eigenvalue weighted by atomic mass is 32.2. The Kier molecular flexibility index (Phi) is 6.06. The van der Waals surface area contributed by atoms with Gasteiger partial charge in [0.2, 0.25) is 15.0 Å². The predicted octanol–water partition coefficient (Wildman–Crippen LogP) is 4.23. The summed E-state index contributed by atoms with van der Waals surface area (Å²) in [5, 5.41) is 0.168. The Morgan fingerprint density at radius 1 is 1.10 bits per heavy atom. The van der Waals surface area contributed by atoms with E-state index in [2.05, 4.69) is 41.2 Å². The van der Waals surface area contributed by atoms with Crippen LogP contribution in [-0.4, -0.2) is 35.7 Å². The number of aromatic nitrogens is 2. The molecular weight excluding hydrogens is 394 g/mol. The quantitative estimate of drug-likeness (QED) is 0.571. The van der Waals surface area contributed by atoms with Gasteiger partial charge in [0.1, 0.15) is 0 Å². The van der Waals surface area contributed by atoms with E-state index < -0.39 is 9.84 Å². The Morgan fingerprint density at radius 3 is 2.60 bits per heavy atom. The molecule has 0 unspecified atom stereocenters. The number of aryl methyl sites for hydroxylation is 1. The average Bonchev–Trinajstić information content (AvgIpc) is 3.16. The zero-order chi connectivity index (χ0) is 21.1. The fourth-order valence-electron chi connectivity index (χ4n) is 4.38. The summed E-state index contributed by atoms with van der Waals surface area (Å²) < 4.78 is 27.2. The summed E-state index contributed by atoms with van der Waals surface area (Å²) in [6.07, 6.45) is 5.15. The van der Waals surface area contributed by atoms with E-state index in [9.17, 15) is 8.42 Å². The molecule has 30 heavy (non-hydrogen) atoms. The van der Waals surface area contributed by atoms with E-state index in [0.29, 0.717) is 19.1 Å². The molecule has 3 aromatic rings. The maximum Gasteiger partial charge on any atom is 0.228 e. The number of fused-ring (bicyclic) bond motifs is 1. The molecule has 0 radical (unpaired) electrons. The minimum atomic E-state index is -3.40. The van der Waals surface area contributed by atoms with Crippen molar-refractivity contribution in [3.05, 3.63) is 83.2 Å². The van der Waals surface area contributed by atoms with Gasteiger partial charge in [-0.1, -0.05) is 61.5 Å². The zero-order valence-electron chi connectivity index (χ0n) is 17.7. The van der Waals surface area contributed by atoms with Gasteiger partial charge in [-0.25, -0.2) is 13.4 Å². The largest absolute Gasteiger partial charge is 0.313 e. The first kappa shape index (κ1) is 20.8. The van der Waals surface area contributed by atoms with Gasteiger partial charge in [-0.05, 0) is 43.0 Å². The minimum absolute atomic E-state index is 0.0457. The van der Waals surface area contributed by atoms with Crippen LogP contribution in [0.4, 0.5) is 0 Å². The number of imidazole rings is 1. The van der Waals surface area contributed by atoms with Gasteiger partial charge in [0.05, 0.1) is 24.2 Å². The first-order chi connectivity index (χ1) is 14.5. The summed E-state index contributed by atoms with van der Waals surface area (Å²) in [7, 11) is -1.28. The number of rotatable bonds is 7. The van der Waals surface area contributed by atoms with Crippen molar-refractivity contribution >= 4 is 9.84 Å². The second-order valence-electron chi connectivity index (χ2n) is 8.03. The van der Waals surface area contributed by atoms with Gasteiger partial charge in [-0.15, -0.1) is 0 Å². The van der Waals surface area contributed by atoms with Crippen molar-refractivity contribution in [2.45, 2.75) is 50.5 Å². The van der Waals surface area contributed by atoms with E-state index in [1.54, 1.807) is 13.1 Å². The third kappa shape index (κ3) is 4.20. The number of hydrogen-bond donors (Lipinski definition) is 0. The van der Waals surface area contributed by atoms with Crippen LogP contribution in [0.15, 0.2) is 66.0 Å². The summed E-state index contributed by atoms with van der Waals surface area (Å²) in [5.74, 6) is 0.0457. The van der Waals surface area contributed by atoms with Crippen LogP contribution in [0, 0.1) is 0 Å². The lowest BCUT2D eigenvalue weighted by Crippen LogP contribution is -2.28. The molecule has 0 N–H and O–H groups in total. The number of hydrogen-bond acceptors (Lipinski definition) is 4. The van der Waals surface area contributed by atoms with Crippen LogP contribution in [0.5, 0.6) is 0 Å². The molecule has 0 fully saturated rings. The first-order valence-corrected chi connectivity index (χ1v) is 12.2. The van der Waals surface area contributed by atoms with E-state index in [0.717, 1.165) is 24.1 Å². The van der Waals surface area contributed by atoms with E-state index in [4.69, 9.17) is 0 Å². The van der Waals surface area contributed by atoms with Gasteiger partial charge in [-0.3, -0.25) is 4.90 Å². The van der Waals surface area contributed by atoms with Crippen molar-refractivity contribution in [1.82, 2.24) is 14.5 Å². The van der Waals surface area contributed by atoms with Crippen molar-refractivity contribution in [2.75, 3.05) is 12.8 Å². The van der Waals surface area contributed by atoms with Crippen LogP contribution in [0.1, 0.15) is 48.2 Å². The fourth-order valence-corrected chi connectivity index (χ4v) is 5.37. The van der Waals surface area contributed by atoms with Crippen LogP contribution in [0.3, 0.4) is 0 Å². The third-order valence-electron chi connectivity index (χ3n) is 6.02. The van der Waals surface area contributed by atoms with Gasteiger partial charge in [0.15, 0.2) is 0 Å². The molecule has 0 spiro atoms. The Labute approximate surface area is 179 Å². The molecule has 4 rings (SSSR count). The zero-order valence-corrected chi connectivity index (χ0v) is 18.5. The highest BCUT2D eigenvalue weighted by molar-refractivity contribution is 7.91. The van der Waals surface area contributed by atoms with Crippen LogP contribution < -0.4 is 0 Å². The van der Waals surface area contributed by atoms with Crippen LogP contribution in [-0.2, 0) is 29.3 Å². The highest BCUT2D eigenvalue weighted by Gasteiger charge is 2.26. The van der Waals surface area contributed by atoms with Crippen molar-refractivity contribution in [3.63, 3.8) is 0 Å². The van der Waals surface area contributed by atoms with Gasteiger partial charge >= 0.3 is 0 Å². The van der Waals surface area contributed by atoms with Gasteiger partial charge in [-0.2, -0.15) is 0 Å². The SMILES string of the molecule is CCS(=O)(=O)c1ncc(CN(C)[C@@H]2CCCc3ccccc32)n1Cc1ccccc1. The van der Waals surface area contributed by atoms with Gasteiger partial charge < -0.3 is 4.57 Å². The van der Waals surface area contributed by atoms with E-state index in [1.807, 2.05) is 34.9 Å². The molecule has 1 aromatic heterocycles. The Hall–Kier alpha value is -2.44. The molecule has 0 amide bonds. The lowest BCUT2D eigenvalue weighted by molar-refractivity contribution is 0.208. The van der Waals surface area contributed by atoms with Gasteiger partial charge in [0.25, 0.3) is 0 Å². The molecule has 1 atom stereocenters. The van der Waals surface area contributed by atoms with E-state index >= 15 is 0 Å². The lowest BCUT2D eigenvalue weighted by Gasteiger charge is -2.33. The lowest BCUT2D eigenvalue weighted by atomic mass is 9.87. The van der Waals surface area contributed by atoms with Crippen molar-refractivity contribution < 1.29 is 8.42 Å². The first-order valence-electron chi connectivity index (χ1n) is 10.6. The van der Waals surface area contributed by atoms with Gasteiger partial charge in [0, 0.05) is 12.6 Å². The summed E-state index contributed by atoms with van der Waals surface area (Å²) >= 11 is 0. The highest BCUT2D eigenvalue weighted by Crippen LogP contribution is 2.34. The summed E-state index contributed by atoms with van der Waals surface area (Å²) in [4.78, 5) is 6.68. The number of sulfone groups is 1. The maximum atomic E-state index is 12.7. The molecule has 1 aliphatic carbocycles. The minimum Gasteiger partial charge on any atom is -0.313 e. The maximum absolute atomic E-state index is 12.7. The summed E-state index contributed by atoms with van der Waals surface area (Å²) in [6.45, 7) is 2.82. The van der Waals surface area contributed by atoms with Crippen LogP contribution in [0.25, 0.3) is 0 Å². The number of benzene rings is 2. The Balaban J connectivity index is 1.66. The van der Waals surface area contributed by atoms with Crippen molar-refractivity contribution in [2.24, 2.45) is 0 Å². The second kappa shape index (κ2) is 8.74. The second-order valence-corrected chi connectivity index (χ2v) is 10.2. The molecule has 5 nitrogen and oxygen atoms in total. The molecule has 2 aromatic carbocycles. The molecule has 158 valence electrons. The third-order valence-corrected chi connectivity index (χ3v) is 7.67. The van der Waals surface area contributed by atoms with Crippen molar-refractivity contribution in [3.8, 4) is 0 Å². The average molecular weight is 424 g/mol. The topological polar surface area (TPSA) is 55.2 Å². The monoisotopic (exact) mass is 423 g/mol. The van der Waals surface area contributed by atoms with Crippen molar-refractivity contribution in [1.29, 1.82) is 0 Å². The molecule has 1 aliphatic rings. The van der Waals surface area contributed by atoms with E-state index in [-0.39, 0.29) is 10.9 Å².